The summed E-state index contributed by atoms with van der Waals surface area (Å²) in [6.07, 6.45) is 5.69. The SMILES string of the molecule is CCN(CC)CCNC(=O)c1ccc2c(c1)C1C=CCC1C(c1ccc3ccccc3c1)N2. The molecule has 4 nitrogen and oxygen atoms in total. The number of benzene rings is 3. The van der Waals surface area contributed by atoms with Gasteiger partial charge in [-0.15, -0.1) is 0 Å². The number of allylic oxidation sites excluding steroid dienone is 2. The molecule has 1 amide bonds. The maximum atomic E-state index is 12.8. The number of likely N-dealkylation sites (N-methyl/N-ethyl adjacent to an activating group) is 1. The minimum Gasteiger partial charge on any atom is -0.378 e. The van der Waals surface area contributed by atoms with Crippen molar-refractivity contribution < 1.29 is 4.79 Å². The lowest BCUT2D eigenvalue weighted by Gasteiger charge is -2.38. The Morgan fingerprint density at radius 3 is 2.67 bits per heavy atom. The molecule has 0 saturated carbocycles. The predicted octanol–water partition coefficient (Wildman–Crippen LogP) is 5.74. The molecule has 3 atom stereocenters. The van der Waals surface area contributed by atoms with Gasteiger partial charge in [0, 0.05) is 30.3 Å². The maximum absolute atomic E-state index is 12.8. The van der Waals surface area contributed by atoms with E-state index in [-0.39, 0.29) is 11.9 Å². The first-order chi connectivity index (χ1) is 16.2. The van der Waals surface area contributed by atoms with E-state index in [2.05, 4.69) is 96.1 Å². The van der Waals surface area contributed by atoms with Crippen molar-refractivity contribution in [3.63, 3.8) is 0 Å². The molecule has 0 bridgehead atoms. The molecule has 3 aromatic carbocycles. The molecule has 0 aromatic heterocycles. The van der Waals surface area contributed by atoms with Crippen LogP contribution < -0.4 is 10.6 Å². The van der Waals surface area contributed by atoms with Gasteiger partial charge in [0.1, 0.15) is 0 Å². The zero-order chi connectivity index (χ0) is 22.8. The van der Waals surface area contributed by atoms with E-state index in [0.717, 1.165) is 37.3 Å². The van der Waals surface area contributed by atoms with Gasteiger partial charge in [-0.2, -0.15) is 0 Å². The summed E-state index contributed by atoms with van der Waals surface area (Å²) in [4.78, 5) is 15.1. The largest absolute Gasteiger partial charge is 0.378 e. The molecule has 2 aliphatic rings. The van der Waals surface area contributed by atoms with Gasteiger partial charge in [0.05, 0.1) is 6.04 Å². The van der Waals surface area contributed by atoms with E-state index in [4.69, 9.17) is 0 Å². The first-order valence-corrected chi connectivity index (χ1v) is 12.2. The number of carbonyl (C=O) groups excluding carboxylic acids is 1. The highest BCUT2D eigenvalue weighted by molar-refractivity contribution is 5.95. The van der Waals surface area contributed by atoms with Crippen LogP contribution >= 0.6 is 0 Å². The number of carbonyl (C=O) groups is 1. The van der Waals surface area contributed by atoms with Crippen LogP contribution in [0.4, 0.5) is 5.69 Å². The molecule has 5 rings (SSSR count). The minimum atomic E-state index is 0.0140. The van der Waals surface area contributed by atoms with Crippen molar-refractivity contribution in [2.24, 2.45) is 5.92 Å². The second-order valence-corrected chi connectivity index (χ2v) is 9.17. The highest BCUT2D eigenvalue weighted by Gasteiger charge is 2.38. The average Bonchev–Trinajstić information content (AvgIpc) is 3.36. The van der Waals surface area contributed by atoms with Crippen molar-refractivity contribution >= 4 is 22.4 Å². The molecule has 0 radical (unpaired) electrons. The number of hydrogen-bond acceptors (Lipinski definition) is 3. The molecule has 0 saturated heterocycles. The third-order valence-corrected chi connectivity index (χ3v) is 7.37. The molecule has 170 valence electrons. The van der Waals surface area contributed by atoms with Crippen molar-refractivity contribution in [1.82, 2.24) is 10.2 Å². The molecule has 1 heterocycles. The zero-order valence-corrected chi connectivity index (χ0v) is 19.6. The lowest BCUT2D eigenvalue weighted by atomic mass is 9.76. The van der Waals surface area contributed by atoms with Crippen molar-refractivity contribution in [2.75, 3.05) is 31.5 Å². The summed E-state index contributed by atoms with van der Waals surface area (Å²) in [5.74, 6) is 0.806. The topological polar surface area (TPSA) is 44.4 Å². The maximum Gasteiger partial charge on any atom is 0.251 e. The Morgan fingerprint density at radius 1 is 1.03 bits per heavy atom. The molecule has 33 heavy (non-hydrogen) atoms. The quantitative estimate of drug-likeness (QED) is 0.462. The lowest BCUT2D eigenvalue weighted by Crippen LogP contribution is -2.35. The second kappa shape index (κ2) is 9.40. The lowest BCUT2D eigenvalue weighted by molar-refractivity contribution is 0.0948. The minimum absolute atomic E-state index is 0.0140. The van der Waals surface area contributed by atoms with E-state index in [1.165, 1.54) is 21.9 Å². The zero-order valence-electron chi connectivity index (χ0n) is 19.6. The number of fused-ring (bicyclic) bond motifs is 4. The van der Waals surface area contributed by atoms with Gasteiger partial charge >= 0.3 is 0 Å². The molecule has 2 N–H and O–H groups in total. The first kappa shape index (κ1) is 21.7. The van der Waals surface area contributed by atoms with E-state index in [0.29, 0.717) is 18.4 Å². The highest BCUT2D eigenvalue weighted by atomic mass is 16.1. The van der Waals surface area contributed by atoms with Crippen LogP contribution in [-0.2, 0) is 0 Å². The molecular formula is C29H33N3O. The van der Waals surface area contributed by atoms with Crippen LogP contribution in [0.2, 0.25) is 0 Å². The monoisotopic (exact) mass is 439 g/mol. The number of rotatable bonds is 7. The second-order valence-electron chi connectivity index (χ2n) is 9.17. The van der Waals surface area contributed by atoms with Gasteiger partial charge in [-0.05, 0) is 71.6 Å². The summed E-state index contributed by atoms with van der Waals surface area (Å²) in [6.45, 7) is 7.87. The van der Waals surface area contributed by atoms with Crippen LogP contribution in [0.15, 0.2) is 72.8 Å². The predicted molar refractivity (Wildman–Crippen MR) is 137 cm³/mol. The van der Waals surface area contributed by atoms with Gasteiger partial charge in [0.15, 0.2) is 0 Å². The number of amides is 1. The Hall–Kier alpha value is -3.11. The molecule has 4 heteroatoms. The Balaban J connectivity index is 1.37. The van der Waals surface area contributed by atoms with Crippen LogP contribution in [0.5, 0.6) is 0 Å². The van der Waals surface area contributed by atoms with Crippen LogP contribution in [0, 0.1) is 5.92 Å². The Bertz CT molecular complexity index is 1180. The van der Waals surface area contributed by atoms with Gasteiger partial charge < -0.3 is 15.5 Å². The first-order valence-electron chi connectivity index (χ1n) is 12.2. The molecule has 3 unspecified atom stereocenters. The summed E-state index contributed by atoms with van der Waals surface area (Å²) < 4.78 is 0. The Kier molecular flexibility index (Phi) is 6.19. The fourth-order valence-corrected chi connectivity index (χ4v) is 5.44. The number of anilines is 1. The van der Waals surface area contributed by atoms with E-state index in [9.17, 15) is 4.79 Å². The van der Waals surface area contributed by atoms with Gasteiger partial charge in [0.25, 0.3) is 5.91 Å². The average molecular weight is 440 g/mol. The smallest absolute Gasteiger partial charge is 0.251 e. The van der Waals surface area contributed by atoms with Crippen LogP contribution in [0.25, 0.3) is 10.8 Å². The summed E-state index contributed by atoms with van der Waals surface area (Å²) in [5.41, 5.74) is 4.46. The summed E-state index contributed by atoms with van der Waals surface area (Å²) in [6, 6.07) is 21.8. The summed E-state index contributed by atoms with van der Waals surface area (Å²) in [7, 11) is 0. The summed E-state index contributed by atoms with van der Waals surface area (Å²) in [5, 5.41) is 9.46. The molecule has 0 spiro atoms. The van der Waals surface area contributed by atoms with Gasteiger partial charge in [-0.25, -0.2) is 0 Å². The van der Waals surface area contributed by atoms with Crippen LogP contribution in [-0.4, -0.2) is 37.0 Å². The molecule has 0 fully saturated rings. The highest BCUT2D eigenvalue weighted by Crippen LogP contribution is 2.50. The third kappa shape index (κ3) is 4.28. The Morgan fingerprint density at radius 2 is 1.85 bits per heavy atom. The molecular weight excluding hydrogens is 406 g/mol. The molecule has 1 aliphatic carbocycles. The number of hydrogen-bond donors (Lipinski definition) is 2. The van der Waals surface area contributed by atoms with E-state index in [1.807, 2.05) is 6.07 Å². The molecule has 1 aliphatic heterocycles. The fourth-order valence-electron chi connectivity index (χ4n) is 5.44. The summed E-state index contributed by atoms with van der Waals surface area (Å²) >= 11 is 0. The van der Waals surface area contributed by atoms with Gasteiger partial charge in [0.2, 0.25) is 0 Å². The van der Waals surface area contributed by atoms with Gasteiger partial charge in [-0.1, -0.05) is 62.4 Å². The number of nitrogens with one attached hydrogen (secondary N) is 2. The molecule has 3 aromatic rings. The Labute approximate surface area is 196 Å². The van der Waals surface area contributed by atoms with Gasteiger partial charge in [-0.3, -0.25) is 4.79 Å². The van der Waals surface area contributed by atoms with E-state index >= 15 is 0 Å². The van der Waals surface area contributed by atoms with E-state index < -0.39 is 0 Å². The van der Waals surface area contributed by atoms with Crippen LogP contribution in [0.1, 0.15) is 53.7 Å². The van der Waals surface area contributed by atoms with Crippen molar-refractivity contribution in [2.45, 2.75) is 32.2 Å². The van der Waals surface area contributed by atoms with E-state index in [1.54, 1.807) is 0 Å². The van der Waals surface area contributed by atoms with Crippen molar-refractivity contribution in [3.8, 4) is 0 Å². The van der Waals surface area contributed by atoms with Crippen molar-refractivity contribution in [1.29, 1.82) is 0 Å². The number of nitrogens with zero attached hydrogens (tertiary/aromatic N) is 1. The fraction of sp³-hybridized carbons (Fsp3) is 0.345. The van der Waals surface area contributed by atoms with Crippen molar-refractivity contribution in [3.05, 3.63) is 89.5 Å². The normalized spacial score (nSPS) is 21.0. The third-order valence-electron chi connectivity index (χ3n) is 7.37. The van der Waals surface area contributed by atoms with Crippen LogP contribution in [0.3, 0.4) is 0 Å². The standard InChI is InChI=1S/C29H33N3O/c1-3-32(4-2)17-16-30-29(33)23-14-15-27-26(19-23)24-10-7-11-25(24)28(31-27)22-13-12-20-8-5-6-9-21(20)18-22/h5-10,12-15,18-19,24-25,28,31H,3-4,11,16-17H2,1-2H3,(H,30,33).